The van der Waals surface area contributed by atoms with E-state index in [9.17, 15) is 8.42 Å². The standard InChI is InChI=1S/C14H12ClN5O2S2/c15-13-19-9-11(23-13)8-18-10-2-4-12(5-3-10)24(21,22)20-14-16-6-1-7-17-14/h1-7,9,18H,8H2,(H,16,17,20). The van der Waals surface area contributed by atoms with Crippen LogP contribution in [0.3, 0.4) is 0 Å². The van der Waals surface area contributed by atoms with Crippen molar-refractivity contribution in [2.24, 2.45) is 0 Å². The molecule has 0 amide bonds. The Bertz CT molecular complexity index is 914. The third-order valence-electron chi connectivity index (χ3n) is 2.95. The van der Waals surface area contributed by atoms with E-state index in [2.05, 4.69) is 25.0 Å². The number of sulfonamides is 1. The van der Waals surface area contributed by atoms with Gasteiger partial charge in [0.25, 0.3) is 10.0 Å². The first-order valence-corrected chi connectivity index (χ1v) is 9.45. The molecular formula is C14H12ClN5O2S2. The van der Waals surface area contributed by atoms with Crippen LogP contribution in [0.2, 0.25) is 4.47 Å². The van der Waals surface area contributed by atoms with Crippen LogP contribution in [0.5, 0.6) is 0 Å². The number of rotatable bonds is 6. The van der Waals surface area contributed by atoms with Crippen LogP contribution >= 0.6 is 22.9 Å². The van der Waals surface area contributed by atoms with E-state index >= 15 is 0 Å². The summed E-state index contributed by atoms with van der Waals surface area (Å²) in [6.45, 7) is 0.562. The maximum Gasteiger partial charge on any atom is 0.264 e. The molecule has 0 saturated carbocycles. The molecule has 3 aromatic rings. The van der Waals surface area contributed by atoms with Gasteiger partial charge in [-0.1, -0.05) is 11.6 Å². The van der Waals surface area contributed by atoms with Gasteiger partial charge in [0, 0.05) is 29.2 Å². The number of thiazole rings is 1. The van der Waals surface area contributed by atoms with Gasteiger partial charge in [0.05, 0.1) is 11.4 Å². The summed E-state index contributed by atoms with van der Waals surface area (Å²) in [5.41, 5.74) is 0.787. The second kappa shape index (κ2) is 7.12. The lowest BCUT2D eigenvalue weighted by molar-refractivity contribution is 0.601. The molecule has 0 bridgehead atoms. The molecule has 2 N–H and O–H groups in total. The molecule has 0 aliphatic heterocycles. The minimum atomic E-state index is -3.72. The first kappa shape index (κ1) is 16.6. The first-order chi connectivity index (χ1) is 11.5. The fourth-order valence-electron chi connectivity index (χ4n) is 1.84. The van der Waals surface area contributed by atoms with Crippen LogP contribution in [0.15, 0.2) is 53.8 Å². The molecule has 1 aromatic carbocycles. The van der Waals surface area contributed by atoms with Gasteiger partial charge in [-0.2, -0.15) is 0 Å². The first-order valence-electron chi connectivity index (χ1n) is 6.77. The topological polar surface area (TPSA) is 96.9 Å². The Morgan fingerprint density at radius 1 is 1.08 bits per heavy atom. The number of anilines is 2. The van der Waals surface area contributed by atoms with Crippen LogP contribution in [0, 0.1) is 0 Å². The number of nitrogens with one attached hydrogen (secondary N) is 2. The Morgan fingerprint density at radius 2 is 1.79 bits per heavy atom. The lowest BCUT2D eigenvalue weighted by Gasteiger charge is -2.08. The van der Waals surface area contributed by atoms with Gasteiger partial charge in [-0.05, 0) is 30.3 Å². The Hall–Kier alpha value is -2.23. The lowest BCUT2D eigenvalue weighted by atomic mass is 10.3. The molecule has 0 spiro atoms. The highest BCUT2D eigenvalue weighted by molar-refractivity contribution is 7.92. The number of hydrogen-bond acceptors (Lipinski definition) is 7. The SMILES string of the molecule is O=S(=O)(Nc1ncccn1)c1ccc(NCc2cnc(Cl)s2)cc1. The second-order valence-electron chi connectivity index (χ2n) is 4.64. The molecule has 2 aromatic heterocycles. The highest BCUT2D eigenvalue weighted by atomic mass is 35.5. The summed E-state index contributed by atoms with van der Waals surface area (Å²) < 4.78 is 27.3. The van der Waals surface area contributed by atoms with Crippen molar-refractivity contribution >= 4 is 44.6 Å². The number of halogens is 1. The summed E-state index contributed by atoms with van der Waals surface area (Å²) in [6.07, 6.45) is 4.62. The van der Waals surface area contributed by atoms with Crippen LogP contribution in [-0.2, 0) is 16.6 Å². The molecule has 0 fully saturated rings. The van der Waals surface area contributed by atoms with Gasteiger partial charge >= 0.3 is 0 Å². The fourth-order valence-corrected chi connectivity index (χ4v) is 3.71. The predicted molar refractivity (Wildman–Crippen MR) is 93.7 cm³/mol. The van der Waals surface area contributed by atoms with Crippen molar-refractivity contribution in [2.75, 3.05) is 10.0 Å². The molecule has 0 saturated heterocycles. The second-order valence-corrected chi connectivity index (χ2v) is 8.02. The molecule has 124 valence electrons. The highest BCUT2D eigenvalue weighted by Gasteiger charge is 2.15. The van der Waals surface area contributed by atoms with E-state index in [0.717, 1.165) is 10.6 Å². The third-order valence-corrected chi connectivity index (χ3v) is 5.41. The predicted octanol–water partition coefficient (Wildman–Crippen LogP) is 3.00. The van der Waals surface area contributed by atoms with Gasteiger partial charge in [0.2, 0.25) is 5.95 Å². The van der Waals surface area contributed by atoms with E-state index in [0.29, 0.717) is 11.0 Å². The zero-order valence-corrected chi connectivity index (χ0v) is 14.6. The van der Waals surface area contributed by atoms with E-state index < -0.39 is 10.0 Å². The van der Waals surface area contributed by atoms with Crippen molar-refractivity contribution in [2.45, 2.75) is 11.4 Å². The van der Waals surface area contributed by atoms with E-state index in [-0.39, 0.29) is 10.8 Å². The van der Waals surface area contributed by atoms with Gasteiger partial charge < -0.3 is 5.32 Å². The van der Waals surface area contributed by atoms with E-state index in [1.165, 1.54) is 35.9 Å². The summed E-state index contributed by atoms with van der Waals surface area (Å²) in [7, 11) is -3.72. The van der Waals surface area contributed by atoms with E-state index in [4.69, 9.17) is 11.6 Å². The molecule has 2 heterocycles. The summed E-state index contributed by atoms with van der Waals surface area (Å²) >= 11 is 7.16. The molecule has 3 rings (SSSR count). The summed E-state index contributed by atoms with van der Waals surface area (Å²) in [5.74, 6) is 0.0294. The van der Waals surface area contributed by atoms with Crippen LogP contribution < -0.4 is 10.0 Å². The van der Waals surface area contributed by atoms with Crippen molar-refractivity contribution in [3.05, 3.63) is 58.3 Å². The normalized spacial score (nSPS) is 11.2. The van der Waals surface area contributed by atoms with Gasteiger partial charge in [0.1, 0.15) is 0 Å². The van der Waals surface area contributed by atoms with E-state index in [1.807, 2.05) is 0 Å². The van der Waals surface area contributed by atoms with Crippen molar-refractivity contribution in [1.82, 2.24) is 15.0 Å². The molecular weight excluding hydrogens is 370 g/mol. The smallest absolute Gasteiger partial charge is 0.264 e. The van der Waals surface area contributed by atoms with Gasteiger partial charge in [-0.15, -0.1) is 11.3 Å². The highest BCUT2D eigenvalue weighted by Crippen LogP contribution is 2.20. The molecule has 0 atom stereocenters. The van der Waals surface area contributed by atoms with Gasteiger partial charge in [-0.25, -0.2) is 28.1 Å². The Morgan fingerprint density at radius 3 is 2.42 bits per heavy atom. The molecule has 24 heavy (non-hydrogen) atoms. The molecule has 7 nitrogen and oxygen atoms in total. The number of aromatic nitrogens is 3. The van der Waals surface area contributed by atoms with Gasteiger partial charge in [0.15, 0.2) is 4.47 Å². The monoisotopic (exact) mass is 381 g/mol. The third kappa shape index (κ3) is 4.19. The van der Waals surface area contributed by atoms with Crippen LogP contribution in [0.1, 0.15) is 4.88 Å². The molecule has 10 heteroatoms. The van der Waals surface area contributed by atoms with Crippen molar-refractivity contribution < 1.29 is 8.42 Å². The Kier molecular flexibility index (Phi) is 4.93. The zero-order chi connectivity index (χ0) is 17.0. The van der Waals surface area contributed by atoms with Crippen LogP contribution in [0.4, 0.5) is 11.6 Å². The minimum Gasteiger partial charge on any atom is -0.380 e. The summed E-state index contributed by atoms with van der Waals surface area (Å²) in [6, 6.07) is 7.99. The fraction of sp³-hybridized carbons (Fsp3) is 0.0714. The average molecular weight is 382 g/mol. The Labute approximate surface area is 147 Å². The largest absolute Gasteiger partial charge is 0.380 e. The minimum absolute atomic E-state index is 0.0294. The quantitative estimate of drug-likeness (QED) is 0.681. The Balaban J connectivity index is 1.67. The van der Waals surface area contributed by atoms with Crippen LogP contribution in [0.25, 0.3) is 0 Å². The molecule has 0 aliphatic carbocycles. The summed E-state index contributed by atoms with van der Waals surface area (Å²) in [5, 5.41) is 3.17. The van der Waals surface area contributed by atoms with Gasteiger partial charge in [-0.3, -0.25) is 0 Å². The molecule has 0 unspecified atom stereocenters. The van der Waals surface area contributed by atoms with Crippen LogP contribution in [-0.4, -0.2) is 23.4 Å². The zero-order valence-electron chi connectivity index (χ0n) is 12.2. The average Bonchev–Trinajstić information content (AvgIpc) is 2.99. The maximum atomic E-state index is 12.3. The number of benzene rings is 1. The van der Waals surface area contributed by atoms with E-state index in [1.54, 1.807) is 24.4 Å². The molecule has 0 radical (unpaired) electrons. The van der Waals surface area contributed by atoms with Crippen molar-refractivity contribution in [3.63, 3.8) is 0 Å². The maximum absolute atomic E-state index is 12.3. The van der Waals surface area contributed by atoms with Crippen molar-refractivity contribution in [3.8, 4) is 0 Å². The summed E-state index contributed by atoms with van der Waals surface area (Å²) in [4.78, 5) is 12.8. The lowest BCUT2D eigenvalue weighted by Crippen LogP contribution is -2.14. The number of nitrogens with zero attached hydrogens (tertiary/aromatic N) is 3. The molecule has 0 aliphatic rings. The van der Waals surface area contributed by atoms with Crippen molar-refractivity contribution in [1.29, 1.82) is 0 Å². The number of hydrogen-bond donors (Lipinski definition) is 2.